The highest BCUT2D eigenvalue weighted by atomic mass is 32.1. The first kappa shape index (κ1) is 12.7. The second-order valence-electron chi connectivity index (χ2n) is 5.31. The lowest BCUT2D eigenvalue weighted by Crippen LogP contribution is -2.32. The second-order valence-corrected chi connectivity index (χ2v) is 6.37. The molecule has 0 amide bonds. The van der Waals surface area contributed by atoms with Gasteiger partial charge in [-0.25, -0.2) is 4.98 Å². The third-order valence-electron chi connectivity index (χ3n) is 2.39. The molecule has 86 valence electrons. The molecule has 0 radical (unpaired) electrons. The van der Waals surface area contributed by atoms with Crippen LogP contribution in [0.3, 0.4) is 0 Å². The third-order valence-corrected chi connectivity index (χ3v) is 3.21. The molecule has 0 bridgehead atoms. The molecule has 0 aliphatic heterocycles. The van der Waals surface area contributed by atoms with Crippen LogP contribution in [0, 0.1) is 12.3 Å². The molecular weight excluding hydrogens is 204 g/mol. The van der Waals surface area contributed by atoms with Crippen molar-refractivity contribution < 1.29 is 0 Å². The van der Waals surface area contributed by atoms with Crippen molar-refractivity contribution in [2.24, 2.45) is 5.41 Å². The summed E-state index contributed by atoms with van der Waals surface area (Å²) in [6.07, 6.45) is 2.22. The molecule has 0 aliphatic carbocycles. The molecule has 0 fully saturated rings. The van der Waals surface area contributed by atoms with Gasteiger partial charge in [0, 0.05) is 17.8 Å². The SMILES string of the molecule is CNC(Cc1csc(C)n1)CC(C)(C)C. The molecule has 1 heterocycles. The minimum absolute atomic E-state index is 0.374. The van der Waals surface area contributed by atoms with E-state index in [-0.39, 0.29) is 0 Å². The van der Waals surface area contributed by atoms with Crippen LogP contribution < -0.4 is 5.32 Å². The van der Waals surface area contributed by atoms with Gasteiger partial charge >= 0.3 is 0 Å². The summed E-state index contributed by atoms with van der Waals surface area (Å²) in [6, 6.07) is 0.534. The fourth-order valence-electron chi connectivity index (χ4n) is 1.77. The van der Waals surface area contributed by atoms with E-state index >= 15 is 0 Å². The lowest BCUT2D eigenvalue weighted by Gasteiger charge is -2.25. The van der Waals surface area contributed by atoms with Crippen LogP contribution in [0.25, 0.3) is 0 Å². The molecule has 1 aromatic rings. The van der Waals surface area contributed by atoms with Crippen LogP contribution >= 0.6 is 11.3 Å². The molecule has 1 aromatic heterocycles. The average Bonchev–Trinajstić information content (AvgIpc) is 2.47. The molecular formula is C12H22N2S. The topological polar surface area (TPSA) is 24.9 Å². The van der Waals surface area contributed by atoms with Gasteiger partial charge in [0.15, 0.2) is 0 Å². The summed E-state index contributed by atoms with van der Waals surface area (Å²) in [6.45, 7) is 8.91. The summed E-state index contributed by atoms with van der Waals surface area (Å²) in [5.41, 5.74) is 1.60. The minimum Gasteiger partial charge on any atom is -0.317 e. The maximum atomic E-state index is 4.51. The molecule has 1 unspecified atom stereocenters. The Kier molecular flexibility index (Phi) is 4.29. The zero-order valence-electron chi connectivity index (χ0n) is 10.4. The smallest absolute Gasteiger partial charge is 0.0897 e. The summed E-state index contributed by atoms with van der Waals surface area (Å²) in [5.74, 6) is 0. The van der Waals surface area contributed by atoms with Crippen molar-refractivity contribution >= 4 is 11.3 Å². The van der Waals surface area contributed by atoms with Crippen molar-refractivity contribution in [2.45, 2.75) is 46.6 Å². The van der Waals surface area contributed by atoms with Crippen molar-refractivity contribution in [1.29, 1.82) is 0 Å². The highest BCUT2D eigenvalue weighted by Crippen LogP contribution is 2.22. The van der Waals surface area contributed by atoms with Crippen molar-refractivity contribution in [2.75, 3.05) is 7.05 Å². The van der Waals surface area contributed by atoms with Crippen molar-refractivity contribution in [3.63, 3.8) is 0 Å². The van der Waals surface area contributed by atoms with E-state index in [2.05, 4.69) is 43.4 Å². The number of thiazole rings is 1. The van der Waals surface area contributed by atoms with E-state index in [1.54, 1.807) is 11.3 Å². The van der Waals surface area contributed by atoms with Crippen molar-refractivity contribution in [3.05, 3.63) is 16.1 Å². The lowest BCUT2D eigenvalue weighted by molar-refractivity contribution is 0.315. The van der Waals surface area contributed by atoms with Crippen LogP contribution in [-0.4, -0.2) is 18.1 Å². The Hall–Kier alpha value is -0.410. The van der Waals surface area contributed by atoms with Crippen LogP contribution in [0.5, 0.6) is 0 Å². The Morgan fingerprint density at radius 1 is 1.47 bits per heavy atom. The largest absolute Gasteiger partial charge is 0.317 e. The summed E-state index contributed by atoms with van der Waals surface area (Å²) >= 11 is 1.74. The quantitative estimate of drug-likeness (QED) is 0.853. The maximum absolute atomic E-state index is 4.51. The summed E-state index contributed by atoms with van der Waals surface area (Å²) in [5, 5.41) is 6.71. The predicted molar refractivity (Wildman–Crippen MR) is 67.5 cm³/mol. The van der Waals surface area contributed by atoms with Crippen molar-refractivity contribution in [1.82, 2.24) is 10.3 Å². The summed E-state index contributed by atoms with van der Waals surface area (Å²) in [7, 11) is 2.04. The van der Waals surface area contributed by atoms with E-state index < -0.39 is 0 Å². The van der Waals surface area contributed by atoms with Crippen LogP contribution in [0.15, 0.2) is 5.38 Å². The number of rotatable bonds is 4. The average molecular weight is 226 g/mol. The molecule has 0 aliphatic rings. The van der Waals surface area contributed by atoms with Crippen LogP contribution in [0.4, 0.5) is 0 Å². The zero-order valence-corrected chi connectivity index (χ0v) is 11.2. The molecule has 1 atom stereocenters. The monoisotopic (exact) mass is 226 g/mol. The standard InChI is InChI=1S/C12H22N2S/c1-9-14-11(8-15-9)6-10(13-5)7-12(2,3)4/h8,10,13H,6-7H2,1-5H3. The Labute approximate surface area is 97.1 Å². The molecule has 2 nitrogen and oxygen atoms in total. The molecule has 1 N–H and O–H groups in total. The highest BCUT2D eigenvalue weighted by Gasteiger charge is 2.18. The van der Waals surface area contributed by atoms with Crippen LogP contribution in [0.2, 0.25) is 0 Å². The number of aromatic nitrogens is 1. The van der Waals surface area contributed by atoms with Gasteiger partial charge in [-0.2, -0.15) is 0 Å². The maximum Gasteiger partial charge on any atom is 0.0897 e. The van der Waals surface area contributed by atoms with E-state index in [1.807, 2.05) is 7.05 Å². The zero-order chi connectivity index (χ0) is 11.5. The normalized spacial score (nSPS) is 14.2. The molecule has 0 spiro atoms. The Balaban J connectivity index is 2.54. The van der Waals surface area contributed by atoms with E-state index in [1.165, 1.54) is 12.1 Å². The first-order valence-corrected chi connectivity index (χ1v) is 6.37. The fraction of sp³-hybridized carbons (Fsp3) is 0.750. The number of likely N-dealkylation sites (N-methyl/N-ethyl adjacent to an activating group) is 1. The molecule has 0 saturated carbocycles. The first-order valence-electron chi connectivity index (χ1n) is 5.49. The minimum atomic E-state index is 0.374. The molecule has 3 heteroatoms. The van der Waals surface area contributed by atoms with Gasteiger partial charge in [0.2, 0.25) is 0 Å². The van der Waals surface area contributed by atoms with Crippen LogP contribution in [-0.2, 0) is 6.42 Å². The fourth-order valence-corrected chi connectivity index (χ4v) is 2.40. The van der Waals surface area contributed by atoms with Gasteiger partial charge in [-0.1, -0.05) is 20.8 Å². The van der Waals surface area contributed by atoms with E-state index in [0.29, 0.717) is 11.5 Å². The van der Waals surface area contributed by atoms with E-state index in [4.69, 9.17) is 0 Å². The molecule has 1 rings (SSSR count). The third kappa shape index (κ3) is 4.76. The molecule has 15 heavy (non-hydrogen) atoms. The number of nitrogens with zero attached hydrogens (tertiary/aromatic N) is 1. The Morgan fingerprint density at radius 2 is 2.13 bits per heavy atom. The first-order chi connectivity index (χ1) is 6.90. The van der Waals surface area contributed by atoms with Gasteiger partial charge in [0.05, 0.1) is 10.7 Å². The van der Waals surface area contributed by atoms with Gasteiger partial charge in [-0.3, -0.25) is 0 Å². The summed E-state index contributed by atoms with van der Waals surface area (Å²) in [4.78, 5) is 4.51. The van der Waals surface area contributed by atoms with E-state index in [9.17, 15) is 0 Å². The van der Waals surface area contributed by atoms with E-state index in [0.717, 1.165) is 11.4 Å². The number of hydrogen-bond donors (Lipinski definition) is 1. The van der Waals surface area contributed by atoms with Gasteiger partial charge in [-0.05, 0) is 25.8 Å². The highest BCUT2D eigenvalue weighted by molar-refractivity contribution is 7.09. The number of hydrogen-bond acceptors (Lipinski definition) is 3. The molecule has 0 aromatic carbocycles. The van der Waals surface area contributed by atoms with Crippen molar-refractivity contribution in [3.8, 4) is 0 Å². The second kappa shape index (κ2) is 5.08. The Morgan fingerprint density at radius 3 is 2.53 bits per heavy atom. The number of aryl methyl sites for hydroxylation is 1. The predicted octanol–water partition coefficient (Wildman–Crippen LogP) is 3.02. The van der Waals surface area contributed by atoms with Crippen LogP contribution in [0.1, 0.15) is 37.9 Å². The number of nitrogens with one attached hydrogen (secondary N) is 1. The van der Waals surface area contributed by atoms with Gasteiger partial charge in [0.1, 0.15) is 0 Å². The van der Waals surface area contributed by atoms with Gasteiger partial charge in [0.25, 0.3) is 0 Å². The van der Waals surface area contributed by atoms with Gasteiger partial charge < -0.3 is 5.32 Å². The summed E-state index contributed by atoms with van der Waals surface area (Å²) < 4.78 is 0. The Bertz CT molecular complexity index is 299. The lowest BCUT2D eigenvalue weighted by atomic mass is 9.87. The van der Waals surface area contributed by atoms with Gasteiger partial charge in [-0.15, -0.1) is 11.3 Å². The molecule has 0 saturated heterocycles.